The molecule has 0 unspecified atom stereocenters. The zero-order chi connectivity index (χ0) is 10.4. The van der Waals surface area contributed by atoms with Crippen molar-refractivity contribution < 1.29 is 9.53 Å². The maximum atomic E-state index is 11.4. The van der Waals surface area contributed by atoms with Crippen molar-refractivity contribution in [2.75, 3.05) is 6.61 Å². The molecule has 14 heavy (non-hydrogen) atoms. The number of hydrogen-bond donors (Lipinski definition) is 0. The fraction of sp³-hybridized carbons (Fsp3) is 0.333. The Labute approximate surface area is 84.9 Å². The molecule has 0 aliphatic carbocycles. The predicted octanol–water partition coefficient (Wildman–Crippen LogP) is 2.63. The molecule has 0 aliphatic heterocycles. The third-order valence-corrected chi connectivity index (χ3v) is 1.88. The molecule has 0 bridgehead atoms. The van der Waals surface area contributed by atoms with Gasteiger partial charge in [0.15, 0.2) is 0 Å². The van der Waals surface area contributed by atoms with E-state index in [0.717, 1.165) is 12.0 Å². The number of hydrogen-bond acceptors (Lipinski definition) is 2. The fourth-order valence-corrected chi connectivity index (χ4v) is 1.28. The van der Waals surface area contributed by atoms with Crippen LogP contribution in [0.4, 0.5) is 0 Å². The number of rotatable bonds is 4. The van der Waals surface area contributed by atoms with Crippen LogP contribution in [0.1, 0.15) is 29.8 Å². The quantitative estimate of drug-likeness (QED) is 0.684. The third kappa shape index (κ3) is 2.87. The molecule has 0 N–H and O–H groups in total. The minimum atomic E-state index is -0.245. The Bertz CT molecular complexity index is 305. The Hall–Kier alpha value is -1.31. The number of ether oxygens (including phenoxy) is 1. The van der Waals surface area contributed by atoms with E-state index < -0.39 is 0 Å². The van der Waals surface area contributed by atoms with E-state index in [4.69, 9.17) is 4.74 Å². The summed E-state index contributed by atoms with van der Waals surface area (Å²) in [6, 6.07) is 7.53. The number of carbonyl (C=O) groups is 1. The second-order valence-electron chi connectivity index (χ2n) is 3.03. The van der Waals surface area contributed by atoms with Gasteiger partial charge in [0.25, 0.3) is 0 Å². The van der Waals surface area contributed by atoms with Crippen LogP contribution in [0, 0.1) is 6.42 Å². The van der Waals surface area contributed by atoms with Crippen LogP contribution in [0.15, 0.2) is 24.3 Å². The van der Waals surface area contributed by atoms with Gasteiger partial charge in [-0.25, -0.2) is 4.79 Å². The highest BCUT2D eigenvalue weighted by Crippen LogP contribution is 2.08. The lowest BCUT2D eigenvalue weighted by molar-refractivity contribution is 0.0526. The van der Waals surface area contributed by atoms with Crippen molar-refractivity contribution in [1.82, 2.24) is 0 Å². The van der Waals surface area contributed by atoms with Gasteiger partial charge in [-0.2, -0.15) is 0 Å². The smallest absolute Gasteiger partial charge is 0.338 e. The molecule has 0 aromatic heterocycles. The summed E-state index contributed by atoms with van der Waals surface area (Å²) < 4.78 is 4.91. The summed E-state index contributed by atoms with van der Waals surface area (Å²) in [6.07, 6.45) is 2.94. The van der Waals surface area contributed by atoms with Crippen molar-refractivity contribution in [2.45, 2.75) is 20.3 Å². The zero-order valence-corrected chi connectivity index (χ0v) is 8.62. The standard InChI is InChI=1S/C12H15O2/c1-3-6-10-7-5-8-11(9-10)12(13)14-4-2/h3,5,7-9H,4,6H2,1-2H3. The number of benzene rings is 1. The van der Waals surface area contributed by atoms with Crippen LogP contribution in [0.25, 0.3) is 0 Å². The van der Waals surface area contributed by atoms with Crippen molar-refractivity contribution >= 4 is 5.97 Å². The van der Waals surface area contributed by atoms with E-state index >= 15 is 0 Å². The van der Waals surface area contributed by atoms with Gasteiger partial charge in [-0.15, -0.1) is 0 Å². The van der Waals surface area contributed by atoms with Crippen LogP contribution < -0.4 is 0 Å². The summed E-state index contributed by atoms with van der Waals surface area (Å²) in [6.45, 7) is 4.22. The predicted molar refractivity (Wildman–Crippen MR) is 56.1 cm³/mol. The van der Waals surface area contributed by atoms with E-state index in [1.807, 2.05) is 32.0 Å². The van der Waals surface area contributed by atoms with Crippen molar-refractivity contribution in [3.8, 4) is 0 Å². The summed E-state index contributed by atoms with van der Waals surface area (Å²) in [4.78, 5) is 11.4. The average molecular weight is 191 g/mol. The molecule has 0 amide bonds. The molecule has 0 heterocycles. The first-order valence-corrected chi connectivity index (χ1v) is 4.81. The van der Waals surface area contributed by atoms with Gasteiger partial charge in [0.1, 0.15) is 0 Å². The molecule has 0 spiro atoms. The molecular formula is C12H15O2. The largest absolute Gasteiger partial charge is 0.462 e. The lowest BCUT2D eigenvalue weighted by Crippen LogP contribution is -2.04. The van der Waals surface area contributed by atoms with Crippen LogP contribution in [0.3, 0.4) is 0 Å². The van der Waals surface area contributed by atoms with Gasteiger partial charge in [0, 0.05) is 0 Å². The summed E-state index contributed by atoms with van der Waals surface area (Å²) in [5.74, 6) is -0.245. The van der Waals surface area contributed by atoms with Gasteiger partial charge in [0.05, 0.1) is 12.2 Å². The molecule has 0 atom stereocenters. The highest BCUT2D eigenvalue weighted by atomic mass is 16.5. The molecule has 0 saturated heterocycles. The first-order valence-electron chi connectivity index (χ1n) is 4.81. The SMILES string of the molecule is C[CH]Cc1cccc(C(=O)OCC)c1. The van der Waals surface area contributed by atoms with Gasteiger partial charge in [-0.3, -0.25) is 0 Å². The third-order valence-electron chi connectivity index (χ3n) is 1.88. The van der Waals surface area contributed by atoms with Crippen molar-refractivity contribution in [3.05, 3.63) is 41.8 Å². The van der Waals surface area contributed by atoms with E-state index in [2.05, 4.69) is 6.42 Å². The first-order chi connectivity index (χ1) is 6.77. The van der Waals surface area contributed by atoms with E-state index in [1.54, 1.807) is 6.07 Å². The van der Waals surface area contributed by atoms with Gasteiger partial charge < -0.3 is 4.74 Å². The molecule has 75 valence electrons. The van der Waals surface area contributed by atoms with Gasteiger partial charge in [-0.05, 0) is 37.5 Å². The maximum Gasteiger partial charge on any atom is 0.338 e. The molecule has 0 saturated carbocycles. The van der Waals surface area contributed by atoms with Gasteiger partial charge in [0.2, 0.25) is 0 Å². The van der Waals surface area contributed by atoms with Gasteiger partial charge in [-0.1, -0.05) is 19.1 Å². The molecule has 1 aromatic rings. The van der Waals surface area contributed by atoms with E-state index in [-0.39, 0.29) is 5.97 Å². The molecule has 1 radical (unpaired) electrons. The fourth-order valence-electron chi connectivity index (χ4n) is 1.28. The van der Waals surface area contributed by atoms with Crippen molar-refractivity contribution in [1.29, 1.82) is 0 Å². The lowest BCUT2D eigenvalue weighted by atomic mass is 10.1. The normalized spacial score (nSPS) is 9.86. The zero-order valence-electron chi connectivity index (χ0n) is 8.62. The van der Waals surface area contributed by atoms with E-state index in [1.165, 1.54) is 0 Å². The Morgan fingerprint density at radius 1 is 1.50 bits per heavy atom. The molecule has 0 fully saturated rings. The second-order valence-corrected chi connectivity index (χ2v) is 3.03. The van der Waals surface area contributed by atoms with Crippen molar-refractivity contribution in [3.63, 3.8) is 0 Å². The Morgan fingerprint density at radius 2 is 2.29 bits per heavy atom. The monoisotopic (exact) mass is 191 g/mol. The van der Waals surface area contributed by atoms with Crippen LogP contribution in [-0.4, -0.2) is 12.6 Å². The van der Waals surface area contributed by atoms with Crippen LogP contribution >= 0.6 is 0 Å². The Morgan fingerprint density at radius 3 is 2.93 bits per heavy atom. The maximum absolute atomic E-state index is 11.4. The summed E-state index contributed by atoms with van der Waals surface area (Å²) >= 11 is 0. The second kappa shape index (κ2) is 5.43. The van der Waals surface area contributed by atoms with Crippen LogP contribution in [0.2, 0.25) is 0 Å². The molecule has 1 aromatic carbocycles. The summed E-state index contributed by atoms with van der Waals surface area (Å²) in [5.41, 5.74) is 1.77. The Kier molecular flexibility index (Phi) is 4.17. The summed E-state index contributed by atoms with van der Waals surface area (Å²) in [5, 5.41) is 0. The average Bonchev–Trinajstić information content (AvgIpc) is 2.19. The lowest BCUT2D eigenvalue weighted by Gasteiger charge is -2.03. The highest BCUT2D eigenvalue weighted by molar-refractivity contribution is 5.89. The van der Waals surface area contributed by atoms with Crippen LogP contribution in [0.5, 0.6) is 0 Å². The Balaban J connectivity index is 2.77. The highest BCUT2D eigenvalue weighted by Gasteiger charge is 2.05. The topological polar surface area (TPSA) is 26.3 Å². The number of carbonyl (C=O) groups excluding carboxylic acids is 1. The van der Waals surface area contributed by atoms with Crippen molar-refractivity contribution in [2.24, 2.45) is 0 Å². The molecular weight excluding hydrogens is 176 g/mol. The molecule has 0 aliphatic rings. The number of esters is 1. The van der Waals surface area contributed by atoms with E-state index in [9.17, 15) is 4.79 Å². The molecule has 1 rings (SSSR count). The molecule has 2 heteroatoms. The minimum absolute atomic E-state index is 0.245. The van der Waals surface area contributed by atoms with Gasteiger partial charge >= 0.3 is 5.97 Å². The first kappa shape index (κ1) is 10.8. The van der Waals surface area contributed by atoms with Crippen LogP contribution in [-0.2, 0) is 11.2 Å². The minimum Gasteiger partial charge on any atom is -0.462 e. The summed E-state index contributed by atoms with van der Waals surface area (Å²) in [7, 11) is 0. The molecule has 2 nitrogen and oxygen atoms in total. The van der Waals surface area contributed by atoms with E-state index in [0.29, 0.717) is 12.2 Å².